The zero-order valence-electron chi connectivity index (χ0n) is 41.4. The number of nitrogens with zero attached hydrogens (tertiary/aromatic N) is 4. The molecule has 8 N–H and O–H groups in total. The van der Waals surface area contributed by atoms with Gasteiger partial charge in [-0.1, -0.05) is 62.4 Å². The number of nitro benzene ring substituents is 1. The first kappa shape index (κ1) is 54.8. The number of esters is 1. The molecular weight excluding hydrogens is 969 g/mol. The number of rotatable bonds is 21. The molecule has 2 aliphatic carbocycles. The van der Waals surface area contributed by atoms with Gasteiger partial charge in [0.05, 0.1) is 41.1 Å². The van der Waals surface area contributed by atoms with Crippen LogP contribution in [0.4, 0.5) is 5.69 Å². The summed E-state index contributed by atoms with van der Waals surface area (Å²) in [5, 5.41) is 88.6. The van der Waals surface area contributed by atoms with Gasteiger partial charge in [0.15, 0.2) is 24.8 Å². The molecular formula is C51H68N6O17. The summed E-state index contributed by atoms with van der Waals surface area (Å²) >= 11 is 0. The number of carboxylic acids is 1. The topological polar surface area (TPSA) is 330 Å². The van der Waals surface area contributed by atoms with Gasteiger partial charge in [0.2, 0.25) is 5.91 Å². The Balaban J connectivity index is 0.984. The number of benzene rings is 2. The number of amides is 1. The Labute approximate surface area is 426 Å². The first-order valence-electron chi connectivity index (χ1n) is 25.6. The summed E-state index contributed by atoms with van der Waals surface area (Å²) in [5.41, 5.74) is 2.51. The highest BCUT2D eigenvalue weighted by Gasteiger charge is 2.54. The van der Waals surface area contributed by atoms with Gasteiger partial charge >= 0.3 is 11.9 Å². The van der Waals surface area contributed by atoms with Crippen LogP contribution in [0.5, 0.6) is 0 Å². The summed E-state index contributed by atoms with van der Waals surface area (Å²) in [6, 6.07) is 12.6. The number of hydrogen-bond acceptors (Lipinski definition) is 18. The zero-order chi connectivity index (χ0) is 52.6. The average Bonchev–Trinajstić information content (AvgIpc) is 4.03. The summed E-state index contributed by atoms with van der Waals surface area (Å²) in [6.07, 6.45) is -8.83. The van der Waals surface area contributed by atoms with Crippen molar-refractivity contribution in [1.29, 1.82) is 0 Å². The van der Waals surface area contributed by atoms with Gasteiger partial charge in [-0.25, -0.2) is 9.59 Å². The molecule has 23 nitrogen and oxygen atoms in total. The first-order valence-corrected chi connectivity index (χ1v) is 25.6. The van der Waals surface area contributed by atoms with Crippen LogP contribution in [0.1, 0.15) is 93.3 Å². The lowest BCUT2D eigenvalue weighted by atomic mass is 9.77. The van der Waals surface area contributed by atoms with E-state index in [-0.39, 0.29) is 48.9 Å². The second-order valence-corrected chi connectivity index (χ2v) is 20.1. The van der Waals surface area contributed by atoms with E-state index >= 15 is 0 Å². The summed E-state index contributed by atoms with van der Waals surface area (Å²) in [4.78, 5) is 54.9. The number of fused-ring (bicyclic) bond motifs is 1. The van der Waals surface area contributed by atoms with E-state index in [1.54, 1.807) is 48.1 Å². The van der Waals surface area contributed by atoms with Gasteiger partial charge in [-0.15, -0.1) is 5.10 Å². The Morgan fingerprint density at radius 1 is 0.919 bits per heavy atom. The Morgan fingerprint density at radius 3 is 2.42 bits per heavy atom. The molecule has 1 amide bonds. The van der Waals surface area contributed by atoms with E-state index in [4.69, 9.17) is 28.4 Å². The number of H-pyrrole nitrogens is 1. The number of aliphatic hydroxyl groups is 5. The lowest BCUT2D eigenvalue weighted by Gasteiger charge is -2.48. The predicted octanol–water partition coefficient (Wildman–Crippen LogP) is 2.72. The molecule has 4 fully saturated rings. The molecule has 8 rings (SSSR count). The van der Waals surface area contributed by atoms with Crippen LogP contribution < -0.4 is 5.32 Å². The van der Waals surface area contributed by atoms with Crippen molar-refractivity contribution in [1.82, 2.24) is 25.3 Å². The van der Waals surface area contributed by atoms with E-state index in [0.29, 0.717) is 31.5 Å². The Morgan fingerprint density at radius 2 is 1.69 bits per heavy atom. The quantitative estimate of drug-likeness (QED) is 0.0338. The summed E-state index contributed by atoms with van der Waals surface area (Å²) in [5.74, 6) is -3.76. The lowest BCUT2D eigenvalue weighted by Crippen LogP contribution is -2.64. The van der Waals surface area contributed by atoms with E-state index in [1.165, 1.54) is 25.1 Å². The molecule has 4 aromatic rings. The Kier molecular flexibility index (Phi) is 18.4. The number of ether oxygens (including phenoxy) is 6. The molecule has 2 aromatic heterocycles. The number of nitro groups is 1. The number of aromatic nitrogens is 4. The van der Waals surface area contributed by atoms with Crippen LogP contribution in [0.15, 0.2) is 60.9 Å². The van der Waals surface area contributed by atoms with Crippen LogP contribution in [-0.4, -0.2) is 166 Å². The number of non-ortho nitro benzene ring substituents is 1. The van der Waals surface area contributed by atoms with Gasteiger partial charge in [-0.05, 0) is 74.6 Å². The molecule has 2 saturated carbocycles. The molecule has 74 heavy (non-hydrogen) atoms. The first-order chi connectivity index (χ1) is 35.6. The summed E-state index contributed by atoms with van der Waals surface area (Å²) < 4.78 is 39.1. The molecule has 0 radical (unpaired) electrons. The van der Waals surface area contributed by atoms with Crippen LogP contribution >= 0.6 is 0 Å². The fraction of sp³-hybridized carbons (Fsp3) is 0.627. The van der Waals surface area contributed by atoms with Crippen LogP contribution in [-0.2, 0) is 57.4 Å². The number of aromatic amines is 1. The third-order valence-electron chi connectivity index (χ3n) is 14.9. The zero-order valence-corrected chi connectivity index (χ0v) is 41.4. The van der Waals surface area contributed by atoms with Crippen LogP contribution in [0.2, 0.25) is 0 Å². The molecule has 2 aromatic carbocycles. The van der Waals surface area contributed by atoms with Crippen molar-refractivity contribution in [2.24, 2.45) is 17.8 Å². The van der Waals surface area contributed by atoms with Gasteiger partial charge in [0.1, 0.15) is 36.6 Å². The fourth-order valence-corrected chi connectivity index (χ4v) is 10.7. The molecule has 2 saturated heterocycles. The maximum atomic E-state index is 14.1. The Hall–Kier alpha value is -5.47. The third kappa shape index (κ3) is 13.1. The molecule has 2 aliphatic heterocycles. The van der Waals surface area contributed by atoms with Crippen LogP contribution in [0.3, 0.4) is 0 Å². The van der Waals surface area contributed by atoms with Gasteiger partial charge in [-0.3, -0.25) is 19.6 Å². The van der Waals surface area contributed by atoms with Crippen molar-refractivity contribution < 1.29 is 78.4 Å². The minimum absolute atomic E-state index is 0.0155. The molecule has 0 bridgehead atoms. The second-order valence-electron chi connectivity index (χ2n) is 20.1. The van der Waals surface area contributed by atoms with E-state index in [2.05, 4.69) is 20.6 Å². The average molecular weight is 1040 g/mol. The number of aliphatic hydroxyl groups excluding tert-OH is 5. The van der Waals surface area contributed by atoms with Crippen molar-refractivity contribution >= 4 is 34.4 Å². The van der Waals surface area contributed by atoms with Crippen molar-refractivity contribution in [3.8, 4) is 0 Å². The van der Waals surface area contributed by atoms with E-state index in [0.717, 1.165) is 48.6 Å². The highest BCUT2D eigenvalue weighted by Crippen LogP contribution is 2.39. The van der Waals surface area contributed by atoms with Gasteiger partial charge in [0, 0.05) is 60.9 Å². The normalized spacial score (nSPS) is 31.2. The molecule has 10 unspecified atom stereocenters. The van der Waals surface area contributed by atoms with E-state index in [9.17, 15) is 55.1 Å². The molecule has 15 atom stereocenters. The SMILES string of the molecule is CC1CC(C(=O)NCCc2cn(CCCc3c[nH]c4ccc([N+](=O)[O-])cc34)nn2)C[C@@H](OC2OC(CO)[C@H](O)C(O[C@@H](CC3CCCCC3)C(=O)O)C2OC(=O)c2ccccc2)C1O[C@@H]1OC(C)[C@@H](O)C(O)C1O. The highest BCUT2D eigenvalue weighted by molar-refractivity contribution is 5.89. The second kappa shape index (κ2) is 24.9. The van der Waals surface area contributed by atoms with Gasteiger partial charge in [0.25, 0.3) is 5.69 Å². The minimum Gasteiger partial charge on any atom is -0.479 e. The van der Waals surface area contributed by atoms with E-state index in [1.807, 2.05) is 6.20 Å². The largest absolute Gasteiger partial charge is 0.479 e. The number of carboxylic acid groups (broad SMARTS) is 1. The van der Waals surface area contributed by atoms with Crippen molar-refractivity contribution in [2.45, 2.75) is 171 Å². The van der Waals surface area contributed by atoms with Crippen molar-refractivity contribution in [3.05, 3.63) is 87.9 Å². The number of hydrogen-bond donors (Lipinski definition) is 8. The summed E-state index contributed by atoms with van der Waals surface area (Å²) in [7, 11) is 0. The van der Waals surface area contributed by atoms with Gasteiger partial charge < -0.3 is 69.4 Å². The number of carbonyl (C=O) groups is 3. The van der Waals surface area contributed by atoms with E-state index < -0.39 is 115 Å². The molecule has 4 aliphatic rings. The van der Waals surface area contributed by atoms with Crippen LogP contribution in [0, 0.1) is 27.9 Å². The predicted molar refractivity (Wildman–Crippen MR) is 259 cm³/mol. The number of aryl methyl sites for hydroxylation is 2. The number of nitrogens with one attached hydrogen (secondary N) is 2. The highest BCUT2D eigenvalue weighted by atomic mass is 16.7. The molecule has 404 valence electrons. The monoisotopic (exact) mass is 1040 g/mol. The van der Waals surface area contributed by atoms with Crippen LogP contribution in [0.25, 0.3) is 10.9 Å². The molecule has 23 heteroatoms. The van der Waals surface area contributed by atoms with Crippen molar-refractivity contribution in [3.63, 3.8) is 0 Å². The fourth-order valence-electron chi connectivity index (χ4n) is 10.7. The molecule has 0 spiro atoms. The maximum absolute atomic E-state index is 14.1. The Bertz CT molecular complexity index is 2510. The number of carbonyl (C=O) groups excluding carboxylic acids is 2. The lowest BCUT2D eigenvalue weighted by molar-refractivity contribution is -0.384. The van der Waals surface area contributed by atoms with Gasteiger partial charge in [-0.2, -0.15) is 0 Å². The summed E-state index contributed by atoms with van der Waals surface area (Å²) in [6.45, 7) is 3.22. The third-order valence-corrected chi connectivity index (χ3v) is 14.9. The number of aliphatic carboxylic acids is 1. The van der Waals surface area contributed by atoms with Crippen molar-refractivity contribution in [2.75, 3.05) is 13.2 Å². The minimum atomic E-state index is -1.71. The smallest absolute Gasteiger partial charge is 0.338 e. The molecule has 4 heterocycles. The maximum Gasteiger partial charge on any atom is 0.338 e. The standard InChI is InChI=1S/C51H68N6O17/c1-27-20-32(47(63)52-18-17-33-25-56(55-54-33)19-9-14-31-24-53-36-16-15-34(57(67)68)23-35(31)36)22-37(44(27)74-50-43(62)42(61)40(59)28(2)69-50)71-51-46(73-49(66)30-12-7-4-8-13-30)45(41(60)39(26-58)72-51)70-38(48(64)65)21-29-10-5-3-6-11-29/h4,7-8,12-13,15-16,23-25,27-29,32,37-46,50-51,53,58-62H,3,5-6,9-11,14,17-22,26H2,1-2H3,(H,52,63)(H,64,65)/t27?,28?,32?,37-,38+,39?,40-,41+,42?,43?,44?,45?,46?,50+,51?/m1/s1.